The zero-order valence-corrected chi connectivity index (χ0v) is 16.7. The highest BCUT2D eigenvalue weighted by Gasteiger charge is 2.18. The highest BCUT2D eigenvalue weighted by molar-refractivity contribution is 6.33. The maximum absolute atomic E-state index is 13.6. The summed E-state index contributed by atoms with van der Waals surface area (Å²) in [5.74, 6) is -2.77. The van der Waals surface area contributed by atoms with E-state index in [0.29, 0.717) is 16.8 Å². The smallest absolute Gasteiger partial charge is 0.312 e. The molecule has 7 nitrogen and oxygen atoms in total. The van der Waals surface area contributed by atoms with Crippen LogP contribution in [0.25, 0.3) is 22.6 Å². The van der Waals surface area contributed by atoms with E-state index in [0.717, 1.165) is 18.2 Å². The molecular weight excluding hydrogens is 455 g/mol. The molecule has 0 saturated carbocycles. The number of fused-ring (bicyclic) bond motifs is 1. The Morgan fingerprint density at radius 2 is 1.87 bits per heavy atom. The summed E-state index contributed by atoms with van der Waals surface area (Å²) in [6, 6.07) is 8.71. The Balaban J connectivity index is 1.70. The lowest BCUT2D eigenvalue weighted by atomic mass is 10.2. The van der Waals surface area contributed by atoms with Crippen molar-refractivity contribution in [1.82, 2.24) is 4.98 Å². The second-order valence-corrected chi connectivity index (χ2v) is 7.14. The summed E-state index contributed by atoms with van der Waals surface area (Å²) in [5, 5.41) is 21.0. The van der Waals surface area contributed by atoms with Gasteiger partial charge in [-0.05, 0) is 36.4 Å². The lowest BCUT2D eigenvalue weighted by Gasteiger charge is -2.01. The molecule has 0 atom stereocenters. The Hall–Kier alpha value is -3.56. The van der Waals surface area contributed by atoms with Crippen LogP contribution in [0.3, 0.4) is 0 Å². The highest BCUT2D eigenvalue weighted by atomic mass is 35.5. The molecule has 1 aromatic heterocycles. The van der Waals surface area contributed by atoms with E-state index in [-0.39, 0.29) is 27.1 Å². The second-order valence-electron chi connectivity index (χ2n) is 6.30. The van der Waals surface area contributed by atoms with Gasteiger partial charge in [-0.15, -0.1) is 0 Å². The molecule has 0 aliphatic rings. The van der Waals surface area contributed by atoms with Crippen molar-refractivity contribution >= 4 is 51.9 Å². The molecule has 11 heteroatoms. The third-order valence-corrected chi connectivity index (χ3v) is 4.78. The molecule has 1 heterocycles. The van der Waals surface area contributed by atoms with Crippen LogP contribution in [0.15, 0.2) is 51.9 Å². The van der Waals surface area contributed by atoms with E-state index in [2.05, 4.69) is 9.98 Å². The number of benzene rings is 3. The van der Waals surface area contributed by atoms with Crippen molar-refractivity contribution in [3.8, 4) is 17.2 Å². The van der Waals surface area contributed by atoms with Gasteiger partial charge < -0.3 is 9.52 Å². The molecule has 1 N–H and O–H groups in total. The number of aromatic nitrogens is 1. The summed E-state index contributed by atoms with van der Waals surface area (Å²) in [5.41, 5.74) is 0.661. The van der Waals surface area contributed by atoms with Crippen LogP contribution in [0.4, 0.5) is 20.2 Å². The van der Waals surface area contributed by atoms with Crippen molar-refractivity contribution in [2.75, 3.05) is 0 Å². The Morgan fingerprint density at radius 3 is 2.61 bits per heavy atom. The number of oxazole rings is 1. The first kappa shape index (κ1) is 20.7. The minimum absolute atomic E-state index is 0.0110. The summed E-state index contributed by atoms with van der Waals surface area (Å²) in [4.78, 5) is 18.6. The number of nitro groups is 1. The molecule has 0 bridgehead atoms. The summed E-state index contributed by atoms with van der Waals surface area (Å²) < 4.78 is 32.4. The quantitative estimate of drug-likeness (QED) is 0.162. The van der Waals surface area contributed by atoms with Gasteiger partial charge in [0.1, 0.15) is 5.52 Å². The van der Waals surface area contributed by atoms with Crippen molar-refractivity contribution in [2.24, 2.45) is 4.99 Å². The normalized spacial score (nSPS) is 11.5. The fourth-order valence-corrected chi connectivity index (χ4v) is 3.24. The fraction of sp³-hybridized carbons (Fsp3) is 0. The highest BCUT2D eigenvalue weighted by Crippen LogP contribution is 2.34. The molecule has 0 saturated heterocycles. The average molecular weight is 464 g/mol. The molecule has 0 aliphatic carbocycles. The van der Waals surface area contributed by atoms with Crippen molar-refractivity contribution in [1.29, 1.82) is 0 Å². The molecule has 0 amide bonds. The maximum atomic E-state index is 13.6. The first-order chi connectivity index (χ1) is 14.7. The molecule has 0 aliphatic heterocycles. The monoisotopic (exact) mass is 463 g/mol. The summed E-state index contributed by atoms with van der Waals surface area (Å²) in [6.45, 7) is 0. The van der Waals surface area contributed by atoms with Gasteiger partial charge in [0.2, 0.25) is 11.6 Å². The molecule has 4 rings (SSSR count). The molecule has 4 aromatic rings. The van der Waals surface area contributed by atoms with Gasteiger partial charge in [0.15, 0.2) is 17.2 Å². The van der Waals surface area contributed by atoms with Crippen LogP contribution in [0, 0.1) is 21.7 Å². The zero-order valence-electron chi connectivity index (χ0n) is 15.1. The molecule has 0 fully saturated rings. The van der Waals surface area contributed by atoms with Crippen LogP contribution in [0.5, 0.6) is 5.75 Å². The topological polar surface area (TPSA) is 102 Å². The predicted octanol–water partition coefficient (Wildman–Crippen LogP) is 6.44. The molecule has 3 aromatic carbocycles. The Labute approximate surface area is 182 Å². The Morgan fingerprint density at radius 1 is 1.13 bits per heavy atom. The van der Waals surface area contributed by atoms with Crippen molar-refractivity contribution in [3.05, 3.63) is 79.8 Å². The lowest BCUT2D eigenvalue weighted by molar-refractivity contribution is -0.385. The van der Waals surface area contributed by atoms with Gasteiger partial charge in [0, 0.05) is 22.9 Å². The van der Waals surface area contributed by atoms with Gasteiger partial charge >= 0.3 is 5.69 Å². The fourth-order valence-electron chi connectivity index (χ4n) is 2.78. The predicted molar refractivity (Wildman–Crippen MR) is 111 cm³/mol. The molecule has 0 spiro atoms. The number of phenols is 1. The standard InChI is InChI=1S/C20H9Cl2F2N3O4/c21-10-3-9(19(28)17(4-10)27(29)30)8-25-11-1-2-18-16(5-11)26-20(31-18)12-6-14(23)15(24)7-13(12)22/h1-8,28H. The second kappa shape index (κ2) is 7.93. The number of halogens is 4. The number of aromatic hydroxyl groups is 1. The van der Waals surface area contributed by atoms with Gasteiger partial charge in [0.25, 0.3) is 0 Å². The number of phenolic OH excluding ortho intramolecular Hbond substituents is 1. The molecular formula is C20H9Cl2F2N3O4. The summed E-state index contributed by atoms with van der Waals surface area (Å²) in [6.07, 6.45) is 1.21. The lowest BCUT2D eigenvalue weighted by Crippen LogP contribution is -1.92. The van der Waals surface area contributed by atoms with E-state index >= 15 is 0 Å². The Kier molecular flexibility index (Phi) is 5.30. The first-order valence-corrected chi connectivity index (χ1v) is 9.25. The molecule has 31 heavy (non-hydrogen) atoms. The summed E-state index contributed by atoms with van der Waals surface area (Å²) >= 11 is 11.8. The third kappa shape index (κ3) is 4.05. The number of rotatable bonds is 4. The van der Waals surface area contributed by atoms with Crippen molar-refractivity contribution in [2.45, 2.75) is 0 Å². The number of hydrogen-bond donors (Lipinski definition) is 1. The SMILES string of the molecule is O=[N+]([O-])c1cc(Cl)cc(C=Nc2ccc3oc(-c4cc(F)c(F)cc4Cl)nc3c2)c1O. The van der Waals surface area contributed by atoms with Crippen LogP contribution in [0.2, 0.25) is 10.0 Å². The first-order valence-electron chi connectivity index (χ1n) is 8.49. The van der Waals surface area contributed by atoms with Gasteiger partial charge in [-0.3, -0.25) is 15.1 Å². The van der Waals surface area contributed by atoms with E-state index < -0.39 is 28.0 Å². The minimum atomic E-state index is -1.10. The van der Waals surface area contributed by atoms with Crippen molar-refractivity contribution < 1.29 is 23.2 Å². The number of aliphatic imine (C=N–C) groups is 1. The van der Waals surface area contributed by atoms with Crippen LogP contribution < -0.4 is 0 Å². The maximum Gasteiger partial charge on any atom is 0.312 e. The van der Waals surface area contributed by atoms with E-state index in [9.17, 15) is 24.0 Å². The molecule has 156 valence electrons. The van der Waals surface area contributed by atoms with Crippen LogP contribution >= 0.6 is 23.2 Å². The zero-order chi connectivity index (χ0) is 22.3. The van der Waals surface area contributed by atoms with Crippen LogP contribution in [-0.2, 0) is 0 Å². The molecule has 0 radical (unpaired) electrons. The Bertz CT molecular complexity index is 1390. The minimum Gasteiger partial charge on any atom is -0.502 e. The van der Waals surface area contributed by atoms with Crippen LogP contribution in [-0.4, -0.2) is 21.2 Å². The van der Waals surface area contributed by atoms with Crippen LogP contribution in [0.1, 0.15) is 5.56 Å². The largest absolute Gasteiger partial charge is 0.502 e. The third-order valence-electron chi connectivity index (χ3n) is 4.24. The van der Waals surface area contributed by atoms with Gasteiger partial charge in [0.05, 0.1) is 21.2 Å². The van der Waals surface area contributed by atoms with Gasteiger partial charge in [-0.1, -0.05) is 23.2 Å². The average Bonchev–Trinajstić information content (AvgIpc) is 3.13. The number of nitro benzene ring substituents is 1. The van der Waals surface area contributed by atoms with E-state index in [1.807, 2.05) is 0 Å². The molecule has 0 unspecified atom stereocenters. The number of hydrogen-bond acceptors (Lipinski definition) is 6. The van der Waals surface area contributed by atoms with E-state index in [1.165, 1.54) is 18.3 Å². The van der Waals surface area contributed by atoms with E-state index in [1.54, 1.807) is 12.1 Å². The van der Waals surface area contributed by atoms with E-state index in [4.69, 9.17) is 27.6 Å². The summed E-state index contributed by atoms with van der Waals surface area (Å²) in [7, 11) is 0. The van der Waals surface area contributed by atoms with Gasteiger partial charge in [-0.2, -0.15) is 0 Å². The van der Waals surface area contributed by atoms with Gasteiger partial charge in [-0.25, -0.2) is 13.8 Å². The van der Waals surface area contributed by atoms with Crippen molar-refractivity contribution in [3.63, 3.8) is 0 Å². The number of nitrogens with zero attached hydrogens (tertiary/aromatic N) is 3.